The first-order valence-electron chi connectivity index (χ1n) is 14.6. The Morgan fingerprint density at radius 2 is 1.05 bits per heavy atom. The number of carbonyl (C=O) groups is 2. The summed E-state index contributed by atoms with van der Waals surface area (Å²) in [6.07, 6.45) is 6.83. The van der Waals surface area contributed by atoms with Crippen LogP contribution in [0, 0.1) is 0 Å². The van der Waals surface area contributed by atoms with Crippen LogP contribution < -0.4 is 10.6 Å². The second kappa shape index (κ2) is 9.21. The molecule has 1 aliphatic heterocycles. The van der Waals surface area contributed by atoms with Crippen molar-refractivity contribution in [2.45, 2.75) is 0 Å². The van der Waals surface area contributed by atoms with Crippen molar-refractivity contribution in [3.05, 3.63) is 155 Å². The van der Waals surface area contributed by atoms with E-state index in [4.69, 9.17) is 4.99 Å². The van der Waals surface area contributed by atoms with E-state index in [2.05, 4.69) is 65.2 Å². The van der Waals surface area contributed by atoms with Crippen LogP contribution >= 0.6 is 0 Å². The summed E-state index contributed by atoms with van der Waals surface area (Å²) in [7, 11) is 0. The molecule has 2 N–H and O–H groups in total. The monoisotopic (exact) mass is 565 g/mol. The third kappa shape index (κ3) is 3.63. The molecule has 0 fully saturated rings. The first kappa shape index (κ1) is 24.5. The Labute approximate surface area is 252 Å². The number of rotatable bonds is 1. The van der Waals surface area contributed by atoms with Crippen LogP contribution in [-0.4, -0.2) is 17.4 Å². The summed E-state index contributed by atoms with van der Waals surface area (Å²) < 4.78 is 0. The van der Waals surface area contributed by atoms with Crippen molar-refractivity contribution in [2.24, 2.45) is 4.99 Å². The number of benzene rings is 6. The number of ketones is 2. The summed E-state index contributed by atoms with van der Waals surface area (Å²) in [6, 6.07) is 34.8. The zero-order valence-corrected chi connectivity index (χ0v) is 23.4. The SMILES string of the molecule is O=C1C=Cc2ccccc2/C1=C1/N=C(c2cc3ccc4cccc5ccc(c2)c3c45)N/C(=C2\C(=O)C=Cc3ccccc32)N1. The van der Waals surface area contributed by atoms with Crippen molar-refractivity contribution in [3.8, 4) is 0 Å². The van der Waals surface area contributed by atoms with E-state index in [-0.39, 0.29) is 11.6 Å². The summed E-state index contributed by atoms with van der Waals surface area (Å²) >= 11 is 0. The fourth-order valence-corrected chi connectivity index (χ4v) is 6.71. The van der Waals surface area contributed by atoms with Gasteiger partial charge in [-0.25, -0.2) is 4.99 Å². The Balaban J connectivity index is 1.31. The number of hydrogen-bond acceptors (Lipinski definition) is 5. The van der Waals surface area contributed by atoms with E-state index in [0.717, 1.165) is 38.6 Å². The van der Waals surface area contributed by atoms with Gasteiger partial charge in [-0.3, -0.25) is 9.59 Å². The first-order valence-corrected chi connectivity index (χ1v) is 14.6. The Morgan fingerprint density at radius 3 is 1.70 bits per heavy atom. The lowest BCUT2D eigenvalue weighted by Gasteiger charge is -2.28. The van der Waals surface area contributed by atoms with Gasteiger partial charge < -0.3 is 10.6 Å². The van der Waals surface area contributed by atoms with Crippen LogP contribution in [0.4, 0.5) is 0 Å². The molecule has 5 heteroatoms. The van der Waals surface area contributed by atoms with Crippen molar-refractivity contribution in [2.75, 3.05) is 0 Å². The predicted octanol–water partition coefficient (Wildman–Crippen LogP) is 7.45. The highest BCUT2D eigenvalue weighted by molar-refractivity contribution is 6.33. The predicted molar refractivity (Wildman–Crippen MR) is 178 cm³/mol. The van der Waals surface area contributed by atoms with Gasteiger partial charge >= 0.3 is 0 Å². The van der Waals surface area contributed by atoms with E-state index in [1.54, 1.807) is 12.2 Å². The normalized spacial score (nSPS) is 19.2. The number of carbonyl (C=O) groups excluding carboxylic acids is 2. The first-order chi connectivity index (χ1) is 21.6. The molecule has 44 heavy (non-hydrogen) atoms. The molecule has 2 aliphatic carbocycles. The zero-order valence-electron chi connectivity index (χ0n) is 23.4. The summed E-state index contributed by atoms with van der Waals surface area (Å²) in [6.45, 7) is 0. The highest BCUT2D eigenvalue weighted by atomic mass is 16.1. The maximum absolute atomic E-state index is 13.5. The average Bonchev–Trinajstić information content (AvgIpc) is 3.06. The summed E-state index contributed by atoms with van der Waals surface area (Å²) in [4.78, 5) is 32.0. The Hall–Kier alpha value is -6.07. The molecular weight excluding hydrogens is 542 g/mol. The fourth-order valence-electron chi connectivity index (χ4n) is 6.71. The number of aliphatic imine (C=N–C) groups is 1. The molecule has 0 radical (unpaired) electrons. The summed E-state index contributed by atoms with van der Waals surface area (Å²) in [5, 5.41) is 13.9. The molecule has 9 rings (SSSR count). The number of amidine groups is 1. The van der Waals surface area contributed by atoms with Crippen molar-refractivity contribution in [1.82, 2.24) is 10.6 Å². The fraction of sp³-hybridized carbons (Fsp3) is 0. The molecule has 0 unspecified atom stereocenters. The van der Waals surface area contributed by atoms with Gasteiger partial charge in [0.15, 0.2) is 11.6 Å². The van der Waals surface area contributed by atoms with Crippen LogP contribution in [0.3, 0.4) is 0 Å². The van der Waals surface area contributed by atoms with Crippen LogP contribution in [-0.2, 0) is 9.59 Å². The lowest BCUT2D eigenvalue weighted by Crippen LogP contribution is -2.39. The van der Waals surface area contributed by atoms with E-state index in [0.29, 0.717) is 28.6 Å². The van der Waals surface area contributed by atoms with Gasteiger partial charge in [-0.2, -0.15) is 0 Å². The van der Waals surface area contributed by atoms with E-state index in [9.17, 15) is 9.59 Å². The second-order valence-electron chi connectivity index (χ2n) is 11.3. The van der Waals surface area contributed by atoms with Crippen LogP contribution in [0.25, 0.3) is 55.6 Å². The Bertz CT molecular complexity index is 2360. The van der Waals surface area contributed by atoms with Gasteiger partial charge in [0.1, 0.15) is 17.5 Å². The quantitative estimate of drug-likeness (QED) is 0.160. The average molecular weight is 566 g/mol. The highest BCUT2D eigenvalue weighted by Crippen LogP contribution is 2.37. The molecule has 5 nitrogen and oxygen atoms in total. The van der Waals surface area contributed by atoms with Crippen molar-refractivity contribution in [1.29, 1.82) is 0 Å². The largest absolute Gasteiger partial charge is 0.325 e. The van der Waals surface area contributed by atoms with Crippen LogP contribution in [0.5, 0.6) is 0 Å². The third-order valence-electron chi connectivity index (χ3n) is 8.72. The number of hydrogen-bond donors (Lipinski definition) is 2. The van der Waals surface area contributed by atoms with Gasteiger partial charge in [0.25, 0.3) is 0 Å². The molecule has 6 aromatic rings. The van der Waals surface area contributed by atoms with Gasteiger partial charge in [-0.1, -0.05) is 103 Å². The lowest BCUT2D eigenvalue weighted by molar-refractivity contribution is -0.110. The van der Waals surface area contributed by atoms with Crippen LogP contribution in [0.1, 0.15) is 27.8 Å². The van der Waals surface area contributed by atoms with E-state index in [1.807, 2.05) is 60.7 Å². The minimum atomic E-state index is -0.147. The second-order valence-corrected chi connectivity index (χ2v) is 11.3. The zero-order chi connectivity index (χ0) is 29.4. The van der Waals surface area contributed by atoms with E-state index in [1.165, 1.54) is 21.5 Å². The molecule has 1 heterocycles. The van der Waals surface area contributed by atoms with Crippen molar-refractivity contribution in [3.63, 3.8) is 0 Å². The minimum Gasteiger partial charge on any atom is -0.325 e. The maximum Gasteiger partial charge on any atom is 0.190 e. The molecule has 3 aliphatic rings. The molecule has 0 spiro atoms. The van der Waals surface area contributed by atoms with Crippen molar-refractivity contribution < 1.29 is 9.59 Å². The number of fused-ring (bicyclic) bond motifs is 2. The maximum atomic E-state index is 13.5. The molecule has 0 saturated heterocycles. The third-order valence-corrected chi connectivity index (χ3v) is 8.72. The molecule has 6 aromatic carbocycles. The van der Waals surface area contributed by atoms with Gasteiger partial charge in [0.05, 0.1) is 11.1 Å². The van der Waals surface area contributed by atoms with Crippen molar-refractivity contribution >= 4 is 73.0 Å². The number of allylic oxidation sites excluding steroid dienone is 4. The molecule has 0 saturated carbocycles. The molecule has 0 aromatic heterocycles. The number of nitrogens with zero attached hydrogens (tertiary/aromatic N) is 1. The lowest BCUT2D eigenvalue weighted by atomic mass is 9.89. The molecule has 0 atom stereocenters. The summed E-state index contributed by atoms with van der Waals surface area (Å²) in [5.41, 5.74) is 5.30. The highest BCUT2D eigenvalue weighted by Gasteiger charge is 2.29. The van der Waals surface area contributed by atoms with E-state index >= 15 is 0 Å². The molecule has 0 amide bonds. The van der Waals surface area contributed by atoms with Crippen LogP contribution in [0.15, 0.2) is 132 Å². The smallest absolute Gasteiger partial charge is 0.190 e. The van der Waals surface area contributed by atoms with Crippen LogP contribution in [0.2, 0.25) is 0 Å². The standard InChI is InChI=1S/C39H23N3O2/c43-31-18-16-22-6-1-3-10-29(22)35(31)38-40-37(41-39(42-38)36-30-11-4-2-7-23(30)17-19-32(36)44)28-20-26-14-12-24-8-5-9-25-13-15-27(21-28)34(26)33(24)25/h1-21,42H,(H,40,41)/b38-35+,39-36+. The number of nitrogens with one attached hydrogen (secondary N) is 2. The molecular formula is C39H23N3O2. The van der Waals surface area contributed by atoms with Gasteiger partial charge in [-0.05, 0) is 78.9 Å². The van der Waals surface area contributed by atoms with Gasteiger partial charge in [0, 0.05) is 5.56 Å². The minimum absolute atomic E-state index is 0.130. The molecule has 206 valence electrons. The Morgan fingerprint density at radius 1 is 0.500 bits per heavy atom. The molecule has 0 bridgehead atoms. The Kier molecular flexibility index (Phi) is 5.14. The summed E-state index contributed by atoms with van der Waals surface area (Å²) in [5.74, 6) is 1.16. The van der Waals surface area contributed by atoms with Gasteiger partial charge in [-0.15, -0.1) is 0 Å². The van der Waals surface area contributed by atoms with Gasteiger partial charge in [0.2, 0.25) is 0 Å². The van der Waals surface area contributed by atoms with E-state index < -0.39 is 0 Å². The topological polar surface area (TPSA) is 70.6 Å².